The molecule has 0 radical (unpaired) electrons. The monoisotopic (exact) mass is 415 g/mol. The Morgan fingerprint density at radius 2 is 2.00 bits per heavy atom. The maximum atomic E-state index is 12.8. The summed E-state index contributed by atoms with van der Waals surface area (Å²) in [5.74, 6) is 0.883. The lowest BCUT2D eigenvalue weighted by atomic mass is 10.0. The molecule has 1 aromatic heterocycles. The molecular weight excluding hydrogens is 386 g/mol. The summed E-state index contributed by atoms with van der Waals surface area (Å²) in [6, 6.07) is 8.95. The Kier molecular flexibility index (Phi) is 6.36. The molecule has 0 unspecified atom stereocenters. The van der Waals surface area contributed by atoms with Crippen LogP contribution in [0.2, 0.25) is 0 Å². The van der Waals surface area contributed by atoms with E-state index in [4.69, 9.17) is 13.9 Å². The second-order valence-corrected chi connectivity index (χ2v) is 7.99. The molecular formula is C22H29N3O5. The van der Waals surface area contributed by atoms with E-state index in [0.717, 1.165) is 25.9 Å². The van der Waals surface area contributed by atoms with E-state index in [9.17, 15) is 9.90 Å². The molecule has 8 nitrogen and oxygen atoms in total. The molecule has 1 saturated heterocycles. The van der Waals surface area contributed by atoms with E-state index < -0.39 is 12.2 Å². The van der Waals surface area contributed by atoms with Crippen LogP contribution >= 0.6 is 0 Å². The van der Waals surface area contributed by atoms with Crippen molar-refractivity contribution in [3.63, 3.8) is 0 Å². The molecule has 0 bridgehead atoms. The zero-order chi connectivity index (χ0) is 21.1. The minimum Gasteiger partial charge on any atom is -0.488 e. The lowest BCUT2D eigenvalue weighted by Gasteiger charge is -2.39. The Bertz CT molecular complexity index is 834. The number of methoxy groups -OCH3 is 1. The standard InChI is InChI=1S/C22H29N3O5/c1-14-19(23-13-29-14)22(27)24-17-12-18(30-16-6-4-3-5-7-16)21(26)20(17)25-10-8-15(28-2)9-11-25/h3-7,13,15,17-18,20-21,26H,8-12H2,1-2H3,(H,24,27)/t17-,18-,20+,21+/m1/s1. The number of ether oxygens (including phenoxy) is 2. The number of carbonyl (C=O) groups is 1. The quantitative estimate of drug-likeness (QED) is 0.742. The molecule has 8 heteroatoms. The molecule has 4 atom stereocenters. The molecule has 162 valence electrons. The van der Waals surface area contributed by atoms with E-state index in [2.05, 4.69) is 15.2 Å². The molecule has 1 aliphatic heterocycles. The van der Waals surface area contributed by atoms with Gasteiger partial charge in [0.05, 0.1) is 18.2 Å². The number of piperidine rings is 1. The zero-order valence-corrected chi connectivity index (χ0v) is 17.4. The number of nitrogens with zero attached hydrogens (tertiary/aromatic N) is 2. The molecule has 2 aromatic rings. The number of oxazole rings is 1. The summed E-state index contributed by atoms with van der Waals surface area (Å²) in [4.78, 5) is 19.1. The number of aromatic nitrogens is 1. The predicted molar refractivity (Wildman–Crippen MR) is 109 cm³/mol. The summed E-state index contributed by atoms with van der Waals surface area (Å²) in [7, 11) is 1.73. The summed E-state index contributed by atoms with van der Waals surface area (Å²) in [5.41, 5.74) is 0.272. The van der Waals surface area contributed by atoms with E-state index in [-0.39, 0.29) is 29.8 Å². The lowest BCUT2D eigenvalue weighted by molar-refractivity contribution is -0.0228. The van der Waals surface area contributed by atoms with Crippen LogP contribution in [0.3, 0.4) is 0 Å². The molecule has 30 heavy (non-hydrogen) atoms. The Morgan fingerprint density at radius 3 is 2.63 bits per heavy atom. The first-order chi connectivity index (χ1) is 14.6. The molecule has 4 rings (SSSR count). The van der Waals surface area contributed by atoms with E-state index in [1.807, 2.05) is 30.3 Å². The highest BCUT2D eigenvalue weighted by atomic mass is 16.5. The number of aliphatic hydroxyl groups is 1. The van der Waals surface area contributed by atoms with Crippen LogP contribution in [0.1, 0.15) is 35.5 Å². The predicted octanol–water partition coefficient (Wildman–Crippen LogP) is 1.77. The summed E-state index contributed by atoms with van der Waals surface area (Å²) < 4.78 is 16.7. The largest absolute Gasteiger partial charge is 0.488 e. The maximum Gasteiger partial charge on any atom is 0.273 e. The van der Waals surface area contributed by atoms with Crippen molar-refractivity contribution in [2.75, 3.05) is 20.2 Å². The van der Waals surface area contributed by atoms with Gasteiger partial charge in [-0.05, 0) is 31.9 Å². The minimum absolute atomic E-state index is 0.238. The van der Waals surface area contributed by atoms with Gasteiger partial charge in [-0.15, -0.1) is 0 Å². The molecule has 0 spiro atoms. The number of carbonyl (C=O) groups excluding carboxylic acids is 1. The van der Waals surface area contributed by atoms with Crippen molar-refractivity contribution in [1.29, 1.82) is 0 Å². The fourth-order valence-corrected chi connectivity index (χ4v) is 4.56. The molecule has 1 aromatic carbocycles. The van der Waals surface area contributed by atoms with Gasteiger partial charge in [-0.25, -0.2) is 4.98 Å². The van der Waals surface area contributed by atoms with Crippen molar-refractivity contribution in [3.8, 4) is 5.75 Å². The number of aryl methyl sites for hydroxylation is 1. The molecule has 2 N–H and O–H groups in total. The molecule has 2 fully saturated rings. The Hall–Kier alpha value is -2.42. The third-order valence-electron chi connectivity index (χ3n) is 6.17. The number of para-hydroxylation sites is 1. The number of hydrogen-bond acceptors (Lipinski definition) is 7. The molecule has 1 amide bonds. The average molecular weight is 415 g/mol. The van der Waals surface area contributed by atoms with E-state index in [1.165, 1.54) is 6.39 Å². The minimum atomic E-state index is -0.729. The van der Waals surface area contributed by atoms with Crippen molar-refractivity contribution in [2.45, 2.75) is 56.6 Å². The number of nitrogens with one attached hydrogen (secondary N) is 1. The maximum absolute atomic E-state index is 12.8. The van der Waals surface area contributed by atoms with E-state index in [0.29, 0.717) is 17.9 Å². The first-order valence-corrected chi connectivity index (χ1v) is 10.4. The Balaban J connectivity index is 1.51. The van der Waals surface area contributed by atoms with Crippen molar-refractivity contribution in [1.82, 2.24) is 15.2 Å². The molecule has 1 saturated carbocycles. The highest BCUT2D eigenvalue weighted by molar-refractivity contribution is 5.93. The third-order valence-corrected chi connectivity index (χ3v) is 6.17. The van der Waals surface area contributed by atoms with Crippen LogP contribution in [0.25, 0.3) is 0 Å². The van der Waals surface area contributed by atoms with E-state index >= 15 is 0 Å². The van der Waals surface area contributed by atoms with Crippen molar-refractivity contribution in [3.05, 3.63) is 48.2 Å². The van der Waals surface area contributed by atoms with Crippen molar-refractivity contribution in [2.24, 2.45) is 0 Å². The van der Waals surface area contributed by atoms with Gasteiger partial charge in [0.2, 0.25) is 0 Å². The fraction of sp³-hybridized carbons (Fsp3) is 0.545. The van der Waals surface area contributed by atoms with Crippen molar-refractivity contribution < 1.29 is 23.8 Å². The van der Waals surface area contributed by atoms with Gasteiger partial charge in [-0.1, -0.05) is 18.2 Å². The van der Waals surface area contributed by atoms with Crippen LogP contribution in [0.15, 0.2) is 41.1 Å². The average Bonchev–Trinajstić information content (AvgIpc) is 3.32. The normalized spacial score (nSPS) is 27.8. The number of rotatable bonds is 6. The van der Waals surface area contributed by atoms with Gasteiger partial charge >= 0.3 is 0 Å². The van der Waals surface area contributed by atoms with Crippen molar-refractivity contribution >= 4 is 5.91 Å². The van der Waals surface area contributed by atoms with Gasteiger partial charge in [0.25, 0.3) is 5.91 Å². The first kappa shape index (κ1) is 20.8. The SMILES string of the molecule is COC1CCN([C@@H]2[C@@H](O)[C@H](Oc3ccccc3)C[C@H]2NC(=O)c2ncoc2C)CC1. The van der Waals surface area contributed by atoms with Crippen LogP contribution in [0, 0.1) is 6.92 Å². The molecule has 1 aliphatic carbocycles. The summed E-state index contributed by atoms with van der Waals surface area (Å²) in [5, 5.41) is 14.2. The van der Waals surface area contributed by atoms with Gasteiger partial charge in [0, 0.05) is 26.6 Å². The van der Waals surface area contributed by atoms with Gasteiger partial charge in [-0.3, -0.25) is 9.69 Å². The van der Waals surface area contributed by atoms with Crippen LogP contribution in [0.5, 0.6) is 5.75 Å². The van der Waals surface area contributed by atoms with Gasteiger partial charge in [0.15, 0.2) is 12.1 Å². The van der Waals surface area contributed by atoms with Crippen LogP contribution < -0.4 is 10.1 Å². The Labute approximate surface area is 176 Å². The fourth-order valence-electron chi connectivity index (χ4n) is 4.56. The van der Waals surface area contributed by atoms with Crippen LogP contribution in [-0.4, -0.2) is 71.5 Å². The molecule has 2 heterocycles. The third kappa shape index (κ3) is 4.35. The topological polar surface area (TPSA) is 97.1 Å². The number of hydrogen-bond donors (Lipinski definition) is 2. The van der Waals surface area contributed by atoms with Gasteiger partial charge < -0.3 is 24.3 Å². The number of benzene rings is 1. The zero-order valence-electron chi connectivity index (χ0n) is 17.4. The van der Waals surface area contributed by atoms with Gasteiger partial charge in [-0.2, -0.15) is 0 Å². The van der Waals surface area contributed by atoms with Gasteiger partial charge in [0.1, 0.15) is 23.7 Å². The number of likely N-dealkylation sites (tertiary alicyclic amines) is 1. The number of amides is 1. The highest BCUT2D eigenvalue weighted by Gasteiger charge is 2.48. The summed E-state index contributed by atoms with van der Waals surface area (Å²) in [6.07, 6.45) is 2.66. The lowest BCUT2D eigenvalue weighted by Crippen LogP contribution is -2.56. The summed E-state index contributed by atoms with van der Waals surface area (Å²) >= 11 is 0. The van der Waals surface area contributed by atoms with Crippen LogP contribution in [0.4, 0.5) is 0 Å². The Morgan fingerprint density at radius 1 is 1.27 bits per heavy atom. The second kappa shape index (κ2) is 9.16. The first-order valence-electron chi connectivity index (χ1n) is 10.4. The summed E-state index contributed by atoms with van der Waals surface area (Å²) in [6.45, 7) is 3.31. The van der Waals surface area contributed by atoms with E-state index in [1.54, 1.807) is 14.0 Å². The number of aliphatic hydroxyl groups excluding tert-OH is 1. The molecule has 2 aliphatic rings. The highest BCUT2D eigenvalue weighted by Crippen LogP contribution is 2.31. The van der Waals surface area contributed by atoms with Crippen LogP contribution in [-0.2, 0) is 4.74 Å². The smallest absolute Gasteiger partial charge is 0.273 e. The second-order valence-electron chi connectivity index (χ2n) is 7.99.